The van der Waals surface area contributed by atoms with E-state index in [0.717, 1.165) is 11.8 Å². The molecule has 0 radical (unpaired) electrons. The van der Waals surface area contributed by atoms with Crippen LogP contribution < -0.4 is 0 Å². The molecule has 0 fully saturated rings. The van der Waals surface area contributed by atoms with Crippen LogP contribution in [0.25, 0.3) is 5.82 Å². The summed E-state index contributed by atoms with van der Waals surface area (Å²) in [6, 6.07) is 4.69. The number of alkyl halides is 3. The van der Waals surface area contributed by atoms with Crippen LogP contribution in [-0.2, 0) is 19.1 Å². The average molecular weight is 439 g/mol. The summed E-state index contributed by atoms with van der Waals surface area (Å²) in [5, 5.41) is 12.2. The molecule has 3 aromatic rings. The van der Waals surface area contributed by atoms with E-state index in [0.29, 0.717) is 31.0 Å². The molecule has 0 spiro atoms. The van der Waals surface area contributed by atoms with Crippen LogP contribution in [-0.4, -0.2) is 42.1 Å². The Morgan fingerprint density at radius 1 is 1.30 bits per heavy atom. The van der Waals surface area contributed by atoms with Crippen molar-refractivity contribution in [2.45, 2.75) is 39.0 Å². The highest BCUT2D eigenvalue weighted by atomic mass is 35.5. The SMILES string of the molecule is CCn1ccc(-n2nnc3c2CCN(C(=O)c2cccc(C(F)(F)F)c2Cl)C3C)n1. The van der Waals surface area contributed by atoms with E-state index in [1.165, 1.54) is 17.0 Å². The summed E-state index contributed by atoms with van der Waals surface area (Å²) >= 11 is 5.95. The molecule has 1 aliphatic heterocycles. The molecule has 0 saturated carbocycles. The van der Waals surface area contributed by atoms with Gasteiger partial charge in [-0.15, -0.1) is 5.10 Å². The van der Waals surface area contributed by atoms with E-state index in [-0.39, 0.29) is 5.56 Å². The second-order valence-electron chi connectivity index (χ2n) is 6.95. The van der Waals surface area contributed by atoms with Crippen molar-refractivity contribution in [3.8, 4) is 5.82 Å². The van der Waals surface area contributed by atoms with Gasteiger partial charge in [0.15, 0.2) is 5.82 Å². The maximum absolute atomic E-state index is 13.2. The van der Waals surface area contributed by atoms with Gasteiger partial charge in [0.1, 0.15) is 5.69 Å². The van der Waals surface area contributed by atoms with Gasteiger partial charge >= 0.3 is 6.18 Å². The van der Waals surface area contributed by atoms with Gasteiger partial charge in [-0.25, -0.2) is 0 Å². The number of halogens is 4. The number of fused-ring (bicyclic) bond motifs is 1. The largest absolute Gasteiger partial charge is 0.417 e. The predicted octanol–water partition coefficient (Wildman–Crippen LogP) is 3.92. The van der Waals surface area contributed by atoms with Gasteiger partial charge in [0.25, 0.3) is 5.91 Å². The molecule has 0 saturated heterocycles. The second kappa shape index (κ2) is 7.42. The van der Waals surface area contributed by atoms with Crippen molar-refractivity contribution in [3.63, 3.8) is 0 Å². The third kappa shape index (κ3) is 3.34. The van der Waals surface area contributed by atoms with E-state index >= 15 is 0 Å². The van der Waals surface area contributed by atoms with E-state index in [4.69, 9.17) is 11.6 Å². The molecule has 158 valence electrons. The van der Waals surface area contributed by atoms with Gasteiger partial charge in [-0.1, -0.05) is 22.9 Å². The summed E-state index contributed by atoms with van der Waals surface area (Å²) < 4.78 is 42.9. The van der Waals surface area contributed by atoms with Crippen LogP contribution in [0.4, 0.5) is 13.2 Å². The summed E-state index contributed by atoms with van der Waals surface area (Å²) in [6.07, 6.45) is -2.37. The molecule has 1 atom stereocenters. The lowest BCUT2D eigenvalue weighted by Gasteiger charge is -2.33. The molecule has 1 aromatic carbocycles. The van der Waals surface area contributed by atoms with Crippen molar-refractivity contribution in [1.82, 2.24) is 29.7 Å². The second-order valence-corrected chi connectivity index (χ2v) is 7.33. The molecule has 7 nitrogen and oxygen atoms in total. The van der Waals surface area contributed by atoms with Gasteiger partial charge in [-0.05, 0) is 26.0 Å². The normalized spacial score (nSPS) is 16.6. The number of hydrogen-bond acceptors (Lipinski definition) is 4. The number of carbonyl (C=O) groups is 1. The molecule has 0 bridgehead atoms. The molecule has 0 aliphatic carbocycles. The van der Waals surface area contributed by atoms with Gasteiger partial charge in [-0.2, -0.15) is 23.0 Å². The number of aryl methyl sites for hydroxylation is 1. The Morgan fingerprint density at radius 3 is 2.73 bits per heavy atom. The van der Waals surface area contributed by atoms with Gasteiger partial charge in [0.2, 0.25) is 0 Å². The van der Waals surface area contributed by atoms with E-state index in [1.807, 2.05) is 19.2 Å². The standard InChI is InChI=1S/C19H18ClF3N6O/c1-3-27-9-8-15(25-27)29-14-7-10-28(11(2)17(14)24-26-29)18(30)12-5-4-6-13(16(12)20)19(21,22)23/h4-6,8-9,11H,3,7,10H2,1-2H3. The molecule has 4 rings (SSSR count). The third-order valence-corrected chi connectivity index (χ3v) is 5.62. The third-order valence-electron chi connectivity index (χ3n) is 5.21. The Balaban J connectivity index is 1.65. The van der Waals surface area contributed by atoms with Crippen LogP contribution in [0.3, 0.4) is 0 Å². The van der Waals surface area contributed by atoms with Crippen LogP contribution in [0.15, 0.2) is 30.5 Å². The highest BCUT2D eigenvalue weighted by molar-refractivity contribution is 6.34. The lowest BCUT2D eigenvalue weighted by Crippen LogP contribution is -2.39. The molecule has 1 unspecified atom stereocenters. The van der Waals surface area contributed by atoms with Gasteiger partial charge < -0.3 is 4.90 Å². The van der Waals surface area contributed by atoms with Crippen LogP contribution in [0.2, 0.25) is 5.02 Å². The summed E-state index contributed by atoms with van der Waals surface area (Å²) in [4.78, 5) is 14.5. The number of carbonyl (C=O) groups excluding carboxylic acids is 1. The van der Waals surface area contributed by atoms with E-state index < -0.39 is 28.7 Å². The van der Waals surface area contributed by atoms with Crippen LogP contribution >= 0.6 is 11.6 Å². The topological polar surface area (TPSA) is 68.8 Å². The quantitative estimate of drug-likeness (QED) is 0.621. The summed E-state index contributed by atoms with van der Waals surface area (Å²) in [5.41, 5.74) is 0.195. The zero-order chi connectivity index (χ0) is 21.6. The fourth-order valence-corrected chi connectivity index (χ4v) is 3.93. The Kier molecular flexibility index (Phi) is 5.05. The van der Waals surface area contributed by atoms with Crippen molar-refractivity contribution >= 4 is 17.5 Å². The number of hydrogen-bond donors (Lipinski definition) is 0. The molecular formula is C19H18ClF3N6O. The first-order chi connectivity index (χ1) is 14.2. The molecule has 1 amide bonds. The minimum Gasteiger partial charge on any atom is -0.330 e. The number of benzene rings is 1. The molecule has 3 heterocycles. The number of amides is 1. The first-order valence-electron chi connectivity index (χ1n) is 9.37. The van der Waals surface area contributed by atoms with E-state index in [1.54, 1.807) is 16.3 Å². The maximum atomic E-state index is 13.2. The monoisotopic (exact) mass is 438 g/mol. The number of nitrogens with zero attached hydrogens (tertiary/aromatic N) is 6. The minimum absolute atomic E-state index is 0.184. The van der Waals surface area contributed by atoms with Crippen molar-refractivity contribution in [1.29, 1.82) is 0 Å². The van der Waals surface area contributed by atoms with Crippen LogP contribution in [0, 0.1) is 0 Å². The molecular weight excluding hydrogens is 421 g/mol. The zero-order valence-electron chi connectivity index (χ0n) is 16.2. The lowest BCUT2D eigenvalue weighted by molar-refractivity contribution is -0.137. The molecule has 11 heteroatoms. The Morgan fingerprint density at radius 2 is 2.07 bits per heavy atom. The number of aromatic nitrogens is 5. The first kappa shape index (κ1) is 20.4. The van der Waals surface area contributed by atoms with E-state index in [9.17, 15) is 18.0 Å². The first-order valence-corrected chi connectivity index (χ1v) is 9.75. The van der Waals surface area contributed by atoms with E-state index in [2.05, 4.69) is 15.4 Å². The molecule has 2 aromatic heterocycles. The molecule has 1 aliphatic rings. The van der Waals surface area contributed by atoms with Crippen LogP contribution in [0.1, 0.15) is 47.2 Å². The van der Waals surface area contributed by atoms with Crippen molar-refractivity contribution in [3.05, 3.63) is 58.0 Å². The predicted molar refractivity (Wildman–Crippen MR) is 102 cm³/mol. The Hall–Kier alpha value is -2.88. The zero-order valence-corrected chi connectivity index (χ0v) is 16.9. The minimum atomic E-state index is -4.64. The lowest BCUT2D eigenvalue weighted by atomic mass is 10.0. The Bertz CT molecular complexity index is 1110. The fourth-order valence-electron chi connectivity index (χ4n) is 3.61. The van der Waals surface area contributed by atoms with Gasteiger partial charge in [0.05, 0.1) is 27.9 Å². The highest BCUT2D eigenvalue weighted by Gasteiger charge is 2.37. The molecule has 30 heavy (non-hydrogen) atoms. The average Bonchev–Trinajstić information content (AvgIpc) is 3.34. The summed E-state index contributed by atoms with van der Waals surface area (Å²) in [5.74, 6) is 0.0487. The van der Waals surface area contributed by atoms with Crippen molar-refractivity contribution < 1.29 is 18.0 Å². The highest BCUT2D eigenvalue weighted by Crippen LogP contribution is 2.38. The van der Waals surface area contributed by atoms with Gasteiger partial charge in [-0.3, -0.25) is 9.48 Å². The molecule has 0 N–H and O–H groups in total. The van der Waals surface area contributed by atoms with Crippen molar-refractivity contribution in [2.24, 2.45) is 0 Å². The van der Waals surface area contributed by atoms with Gasteiger partial charge in [0, 0.05) is 31.8 Å². The Labute approximate surface area is 175 Å². The summed E-state index contributed by atoms with van der Waals surface area (Å²) in [6.45, 7) is 4.74. The fraction of sp³-hybridized carbons (Fsp3) is 0.368. The smallest absolute Gasteiger partial charge is 0.330 e. The summed E-state index contributed by atoms with van der Waals surface area (Å²) in [7, 11) is 0. The van der Waals surface area contributed by atoms with Crippen molar-refractivity contribution in [2.75, 3.05) is 6.54 Å². The number of rotatable bonds is 3. The maximum Gasteiger partial charge on any atom is 0.417 e. The van der Waals surface area contributed by atoms with Crippen LogP contribution in [0.5, 0.6) is 0 Å².